The van der Waals surface area contributed by atoms with Gasteiger partial charge in [0.2, 0.25) is 18.1 Å². The van der Waals surface area contributed by atoms with Crippen molar-refractivity contribution in [2.24, 2.45) is 0 Å². The van der Waals surface area contributed by atoms with Crippen molar-refractivity contribution in [2.75, 3.05) is 48.2 Å². The molecule has 0 aliphatic heterocycles. The number of benzene rings is 1. The molecule has 5 N–H and O–H groups in total. The average molecular weight is 1230 g/mol. The number of non-ortho nitro benzene ring substituents is 1. The highest BCUT2D eigenvalue weighted by atomic mass is 28.4. The molecule has 0 spiro atoms. The standard InChI is InChI=1S/C28H47N3O6Si.C12H19N3O3.C12H18N2O3.C6H4N2O5/c1-13-34-22-18-31-21(17-20(22)29-25(33)36-26(3,4)5)23(24(32)35-14-2)19(30-31)15-16-28(9,10)37-38(11,12)27(6,7)8;1-5-17-10-8-15(13)7-6-9(10)14-11(16)18-12(2,3)4;1-5-16-10-8-13-7-6-9(10)14-11(15)17-12(2,3)4;9-6-2-1-4(7(10)11)3-5(6)8(12)13/h17-18H,13-16H2,1-12H3,(H,29,33);6-8H,5,13H2,1-4H3;6-8H,5H2,1-4H3,(H,13,14,15);1-3,9H. The molecule has 5 rings (SSSR count). The van der Waals surface area contributed by atoms with Gasteiger partial charge in [0.15, 0.2) is 19.8 Å². The summed E-state index contributed by atoms with van der Waals surface area (Å²) in [6.45, 7) is 40.4. The molecule has 0 radical (unpaired) electrons. The summed E-state index contributed by atoms with van der Waals surface area (Å²) in [4.78, 5) is 71.4. The number of hydrogen-bond acceptors (Lipinski definition) is 20. The summed E-state index contributed by atoms with van der Waals surface area (Å²) < 4.78 is 47.3. The number of carbonyl (C=O) groups is 4. The van der Waals surface area contributed by atoms with Gasteiger partial charge in [0.05, 0.1) is 88.6 Å². The molecule has 4 aromatic heterocycles. The molecule has 0 bridgehead atoms. The van der Waals surface area contributed by atoms with Gasteiger partial charge < -0.3 is 42.7 Å². The van der Waals surface area contributed by atoms with Crippen molar-refractivity contribution in [3.8, 4) is 23.0 Å². The van der Waals surface area contributed by atoms with Crippen LogP contribution in [0, 0.1) is 20.2 Å². The number of carbonyl (C=O) groups excluding carboxylic acids is 4. The van der Waals surface area contributed by atoms with Crippen molar-refractivity contribution >= 4 is 66.5 Å². The van der Waals surface area contributed by atoms with Crippen LogP contribution >= 0.6 is 0 Å². The van der Waals surface area contributed by atoms with Crippen LogP contribution < -0.4 is 45.8 Å². The number of fused-ring (bicyclic) bond motifs is 1. The highest BCUT2D eigenvalue weighted by molar-refractivity contribution is 6.74. The smallest absolute Gasteiger partial charge is 0.412 e. The first kappa shape index (κ1) is 73.6. The van der Waals surface area contributed by atoms with Crippen LogP contribution in [-0.4, -0.2) is 106 Å². The number of nitro benzene ring substituents is 2. The van der Waals surface area contributed by atoms with Gasteiger partial charge in [-0.1, -0.05) is 31.5 Å². The highest BCUT2D eigenvalue weighted by Gasteiger charge is 2.41. The van der Waals surface area contributed by atoms with Crippen LogP contribution in [0.4, 0.5) is 42.8 Å². The maximum atomic E-state index is 13.1. The van der Waals surface area contributed by atoms with Crippen molar-refractivity contribution in [3.05, 3.63) is 98.9 Å². The van der Waals surface area contributed by atoms with Gasteiger partial charge in [-0.2, -0.15) is 5.10 Å². The molecule has 4 heterocycles. The number of aromatic nitrogens is 4. The lowest BCUT2D eigenvalue weighted by molar-refractivity contribution is -0.639. The average Bonchev–Trinajstić information content (AvgIpc) is 3.98. The molecule has 5 aromatic rings. The molecule has 0 fully saturated rings. The first-order chi connectivity index (χ1) is 39.6. The fraction of sp³-hybridized carbons (Fsp3) is 0.534. The van der Waals surface area contributed by atoms with E-state index in [0.29, 0.717) is 89.8 Å². The van der Waals surface area contributed by atoms with Gasteiger partial charge in [0, 0.05) is 18.3 Å². The van der Waals surface area contributed by atoms with Crippen molar-refractivity contribution in [3.63, 3.8) is 0 Å². The van der Waals surface area contributed by atoms with E-state index in [1.54, 1.807) is 102 Å². The zero-order valence-electron chi connectivity index (χ0n) is 53.3. The number of rotatable bonds is 18. The van der Waals surface area contributed by atoms with Gasteiger partial charge in [0.1, 0.15) is 22.4 Å². The van der Waals surface area contributed by atoms with Gasteiger partial charge in [-0.3, -0.25) is 41.2 Å². The molecule has 0 unspecified atom stereocenters. The summed E-state index contributed by atoms with van der Waals surface area (Å²) >= 11 is 0. The van der Waals surface area contributed by atoms with E-state index in [1.807, 2.05) is 41.5 Å². The molecule has 0 atom stereocenters. The van der Waals surface area contributed by atoms with E-state index in [-0.39, 0.29) is 11.6 Å². The summed E-state index contributed by atoms with van der Waals surface area (Å²) in [6.07, 6.45) is 7.49. The summed E-state index contributed by atoms with van der Waals surface area (Å²) in [6, 6.07) is 7.35. The van der Waals surface area contributed by atoms with Gasteiger partial charge in [-0.25, -0.2) is 29.5 Å². The van der Waals surface area contributed by atoms with E-state index < -0.39 is 81.9 Å². The Balaban J connectivity index is 0.000000435. The number of anilines is 3. The molecule has 86 heavy (non-hydrogen) atoms. The first-order valence-corrected chi connectivity index (χ1v) is 30.6. The SMILES string of the molecule is CCOC(=O)c1c(CCC(C)(C)O[Si](C)(C)C(C)(C)C)nn2cc(OCC)c(NC(=O)OC(C)(C)C)cc12.CCOc1c[n+](N)ccc1NC(=O)OC(C)(C)C.CCOc1cnccc1NC(=O)OC(C)(C)C.O=[N+]([O-])c1ccc([O-])c([N+](=O)[O-])c1. The number of hydrogen-bond donors (Lipinski definition) is 4. The Morgan fingerprint density at radius 1 is 0.674 bits per heavy atom. The normalized spacial score (nSPS) is 11.6. The minimum absolute atomic E-state index is 0.0800. The molecule has 0 saturated heterocycles. The molecule has 0 aliphatic carbocycles. The summed E-state index contributed by atoms with van der Waals surface area (Å²) in [5, 5.41) is 43.9. The molecule has 27 nitrogen and oxygen atoms in total. The van der Waals surface area contributed by atoms with Crippen molar-refractivity contribution in [1.29, 1.82) is 0 Å². The van der Waals surface area contributed by atoms with Gasteiger partial charge in [0.25, 0.3) is 11.4 Å². The van der Waals surface area contributed by atoms with E-state index in [2.05, 4.69) is 68.6 Å². The van der Waals surface area contributed by atoms with Crippen LogP contribution in [0.15, 0.2) is 67.4 Å². The Labute approximate surface area is 503 Å². The second kappa shape index (κ2) is 31.6. The fourth-order valence-electron chi connectivity index (χ4n) is 7.03. The molecular weight excluding hydrogens is 1140 g/mol. The topological polar surface area (TPSA) is 348 Å². The third-order valence-electron chi connectivity index (χ3n) is 11.5. The predicted octanol–water partition coefficient (Wildman–Crippen LogP) is 11.8. The zero-order valence-corrected chi connectivity index (χ0v) is 54.3. The van der Waals surface area contributed by atoms with Crippen molar-refractivity contribution < 1.29 is 76.4 Å². The number of nitrogens with two attached hydrogens (primary N) is 1. The molecule has 476 valence electrons. The number of esters is 1. The molecule has 28 heteroatoms. The summed E-state index contributed by atoms with van der Waals surface area (Å²) in [5.74, 6) is 5.72. The Bertz CT molecular complexity index is 3110. The molecule has 0 aliphatic rings. The Kier molecular flexibility index (Phi) is 27.0. The van der Waals surface area contributed by atoms with Gasteiger partial charge in [-0.05, 0) is 153 Å². The maximum Gasteiger partial charge on any atom is 0.412 e. The van der Waals surface area contributed by atoms with E-state index in [1.165, 1.54) is 4.68 Å². The predicted molar refractivity (Wildman–Crippen MR) is 325 cm³/mol. The molecule has 1 aromatic carbocycles. The number of pyridine rings is 3. The number of nitrogen functional groups attached to an aromatic ring is 1. The fourth-order valence-corrected chi connectivity index (χ4v) is 8.82. The van der Waals surface area contributed by atoms with E-state index in [4.69, 9.17) is 48.5 Å². The lowest BCUT2D eigenvalue weighted by Crippen LogP contribution is -2.47. The minimum atomic E-state index is -2.00. The second-order valence-corrected chi connectivity index (χ2v) is 28.7. The van der Waals surface area contributed by atoms with E-state index in [0.717, 1.165) is 12.1 Å². The lowest BCUT2D eigenvalue weighted by Gasteiger charge is -2.42. The van der Waals surface area contributed by atoms with Gasteiger partial charge in [-0.15, -0.1) is 0 Å². The number of aryl methyl sites for hydroxylation is 1. The van der Waals surface area contributed by atoms with Crippen molar-refractivity contribution in [1.82, 2.24) is 14.6 Å². The molecule has 3 amide bonds. The van der Waals surface area contributed by atoms with Gasteiger partial charge >= 0.3 is 24.2 Å². The van der Waals surface area contributed by atoms with Crippen molar-refractivity contribution in [2.45, 2.75) is 178 Å². The second-order valence-electron chi connectivity index (χ2n) is 23.9. The van der Waals surface area contributed by atoms with Crippen LogP contribution in [0.1, 0.15) is 147 Å². The first-order valence-electron chi connectivity index (χ1n) is 27.7. The number of amides is 3. The Hall–Kier alpha value is -8.53. The van der Waals surface area contributed by atoms with E-state index in [9.17, 15) is 44.5 Å². The third kappa shape index (κ3) is 25.4. The van der Waals surface area contributed by atoms with E-state index >= 15 is 0 Å². The number of nitro groups is 2. The number of nitrogens with one attached hydrogen (secondary N) is 3. The number of ether oxygens (including phenoxy) is 7. The minimum Gasteiger partial charge on any atom is -0.868 e. The summed E-state index contributed by atoms with van der Waals surface area (Å²) in [7, 11) is -2.00. The quantitative estimate of drug-likeness (QED) is 0.0120. The van der Waals surface area contributed by atoms with Crippen LogP contribution in [-0.2, 0) is 29.8 Å². The monoisotopic (exact) mass is 1220 g/mol. The lowest BCUT2D eigenvalue weighted by atomic mass is 9.99. The number of nitrogens with zero attached hydrogens (tertiary/aromatic N) is 6. The van der Waals surface area contributed by atoms with Crippen LogP contribution in [0.5, 0.6) is 23.0 Å². The summed E-state index contributed by atoms with van der Waals surface area (Å²) in [5.41, 5.74) is -0.462. The maximum absolute atomic E-state index is 13.1. The Morgan fingerprint density at radius 2 is 1.17 bits per heavy atom. The van der Waals surface area contributed by atoms with Crippen LogP contribution in [0.25, 0.3) is 5.52 Å². The van der Waals surface area contributed by atoms with Crippen LogP contribution in [0.3, 0.4) is 0 Å². The molecular formula is C58H88N10O17Si. The third-order valence-corrected chi connectivity index (χ3v) is 16.1. The Morgan fingerprint density at radius 3 is 1.65 bits per heavy atom. The van der Waals surface area contributed by atoms with Crippen LogP contribution in [0.2, 0.25) is 18.1 Å². The zero-order chi connectivity index (χ0) is 65.8. The largest absolute Gasteiger partial charge is 0.868 e. The molecule has 0 saturated carbocycles. The highest BCUT2D eigenvalue weighted by Crippen LogP contribution is 2.40.